The van der Waals surface area contributed by atoms with Crippen molar-refractivity contribution in [1.82, 2.24) is 10.6 Å². The number of benzene rings is 1. The zero-order valence-electron chi connectivity index (χ0n) is 12.6. The maximum atomic E-state index is 11.5. The Morgan fingerprint density at radius 2 is 1.76 bits per heavy atom. The molecule has 0 radical (unpaired) electrons. The lowest BCUT2D eigenvalue weighted by Gasteiger charge is -2.09. The second kappa shape index (κ2) is 9.63. The standard InChI is InChI=1S/C15H23N3O3/c1-3-4-9-16-14(19)17-10-11-21-15(20)18-13-7-5-12(2)6-8-13/h5-8H,3-4,9-11H2,1-2H3,(H,18,20)(H2,16,17,19). The summed E-state index contributed by atoms with van der Waals surface area (Å²) in [6.07, 6.45) is 1.44. The van der Waals surface area contributed by atoms with Crippen LogP contribution in [0.15, 0.2) is 24.3 Å². The van der Waals surface area contributed by atoms with Crippen molar-refractivity contribution in [1.29, 1.82) is 0 Å². The van der Waals surface area contributed by atoms with E-state index in [-0.39, 0.29) is 19.2 Å². The molecular weight excluding hydrogens is 270 g/mol. The van der Waals surface area contributed by atoms with Gasteiger partial charge in [0.25, 0.3) is 0 Å². The van der Waals surface area contributed by atoms with E-state index in [1.54, 1.807) is 12.1 Å². The normalized spacial score (nSPS) is 9.81. The Morgan fingerprint density at radius 1 is 1.10 bits per heavy atom. The molecule has 0 aromatic heterocycles. The number of hydrogen-bond acceptors (Lipinski definition) is 3. The molecule has 0 atom stereocenters. The van der Waals surface area contributed by atoms with Crippen molar-refractivity contribution in [3.05, 3.63) is 29.8 Å². The molecule has 0 fully saturated rings. The molecule has 0 aliphatic carbocycles. The quantitative estimate of drug-likeness (QED) is 0.676. The Morgan fingerprint density at radius 3 is 2.43 bits per heavy atom. The van der Waals surface area contributed by atoms with Gasteiger partial charge in [0, 0.05) is 12.2 Å². The van der Waals surface area contributed by atoms with Gasteiger partial charge in [0.15, 0.2) is 0 Å². The minimum atomic E-state index is -0.535. The van der Waals surface area contributed by atoms with E-state index in [0.29, 0.717) is 12.2 Å². The number of urea groups is 1. The van der Waals surface area contributed by atoms with Crippen molar-refractivity contribution in [2.75, 3.05) is 25.0 Å². The van der Waals surface area contributed by atoms with Crippen LogP contribution in [0.25, 0.3) is 0 Å². The lowest BCUT2D eigenvalue weighted by atomic mass is 10.2. The van der Waals surface area contributed by atoms with Crippen LogP contribution in [-0.2, 0) is 4.74 Å². The van der Waals surface area contributed by atoms with E-state index in [1.807, 2.05) is 19.1 Å². The molecule has 0 aliphatic heterocycles. The maximum absolute atomic E-state index is 11.5. The van der Waals surface area contributed by atoms with Gasteiger partial charge in [-0.05, 0) is 25.5 Å². The molecule has 0 spiro atoms. The van der Waals surface area contributed by atoms with Crippen molar-refractivity contribution in [3.63, 3.8) is 0 Å². The third-order valence-corrected chi connectivity index (χ3v) is 2.73. The van der Waals surface area contributed by atoms with Crippen LogP contribution in [0.2, 0.25) is 0 Å². The van der Waals surface area contributed by atoms with Crippen molar-refractivity contribution in [3.8, 4) is 0 Å². The summed E-state index contributed by atoms with van der Waals surface area (Å²) in [6, 6.07) is 7.16. The van der Waals surface area contributed by atoms with Crippen molar-refractivity contribution in [2.24, 2.45) is 0 Å². The molecule has 116 valence electrons. The van der Waals surface area contributed by atoms with Crippen LogP contribution in [0.1, 0.15) is 25.3 Å². The van der Waals surface area contributed by atoms with Gasteiger partial charge in [-0.2, -0.15) is 0 Å². The third kappa shape index (κ3) is 7.81. The summed E-state index contributed by atoms with van der Waals surface area (Å²) in [5, 5.41) is 7.93. The molecule has 1 rings (SSSR count). The number of anilines is 1. The van der Waals surface area contributed by atoms with E-state index in [2.05, 4.69) is 22.9 Å². The van der Waals surface area contributed by atoms with Crippen LogP contribution in [0.4, 0.5) is 15.3 Å². The van der Waals surface area contributed by atoms with Gasteiger partial charge >= 0.3 is 12.1 Å². The first kappa shape index (κ1) is 16.8. The van der Waals surface area contributed by atoms with Gasteiger partial charge in [0.05, 0.1) is 6.54 Å². The SMILES string of the molecule is CCCCNC(=O)NCCOC(=O)Nc1ccc(C)cc1. The Labute approximate surface area is 125 Å². The fraction of sp³-hybridized carbons (Fsp3) is 0.467. The number of ether oxygens (including phenoxy) is 1. The summed E-state index contributed by atoms with van der Waals surface area (Å²) in [4.78, 5) is 22.8. The van der Waals surface area contributed by atoms with Gasteiger partial charge in [-0.15, -0.1) is 0 Å². The molecule has 0 heterocycles. The van der Waals surface area contributed by atoms with Crippen LogP contribution in [0.3, 0.4) is 0 Å². The highest BCUT2D eigenvalue weighted by atomic mass is 16.5. The van der Waals surface area contributed by atoms with Crippen LogP contribution >= 0.6 is 0 Å². The van der Waals surface area contributed by atoms with E-state index in [9.17, 15) is 9.59 Å². The Balaban J connectivity index is 2.10. The number of carbonyl (C=O) groups is 2. The van der Waals surface area contributed by atoms with E-state index in [4.69, 9.17) is 4.74 Å². The minimum Gasteiger partial charge on any atom is -0.447 e. The molecule has 1 aromatic carbocycles. The van der Waals surface area contributed by atoms with E-state index >= 15 is 0 Å². The van der Waals surface area contributed by atoms with Crippen molar-refractivity contribution in [2.45, 2.75) is 26.7 Å². The second-order valence-electron chi connectivity index (χ2n) is 4.66. The molecule has 0 aliphatic rings. The van der Waals surface area contributed by atoms with Gasteiger partial charge in [0.1, 0.15) is 6.61 Å². The molecule has 3 amide bonds. The molecule has 1 aromatic rings. The summed E-state index contributed by atoms with van der Waals surface area (Å²) in [5.41, 5.74) is 1.79. The number of rotatable bonds is 7. The van der Waals surface area contributed by atoms with Gasteiger partial charge in [-0.25, -0.2) is 9.59 Å². The number of nitrogens with one attached hydrogen (secondary N) is 3. The summed E-state index contributed by atoms with van der Waals surface area (Å²) in [6.45, 7) is 5.08. The molecule has 21 heavy (non-hydrogen) atoms. The average Bonchev–Trinajstić information content (AvgIpc) is 2.46. The maximum Gasteiger partial charge on any atom is 0.411 e. The second-order valence-corrected chi connectivity index (χ2v) is 4.66. The number of carbonyl (C=O) groups excluding carboxylic acids is 2. The molecule has 0 bridgehead atoms. The predicted octanol–water partition coefficient (Wildman–Crippen LogP) is 2.64. The summed E-state index contributed by atoms with van der Waals surface area (Å²) in [5.74, 6) is 0. The Kier molecular flexibility index (Phi) is 7.71. The van der Waals surface area contributed by atoms with Gasteiger partial charge in [0.2, 0.25) is 0 Å². The molecule has 3 N–H and O–H groups in total. The first-order valence-electron chi connectivity index (χ1n) is 7.14. The third-order valence-electron chi connectivity index (χ3n) is 2.73. The van der Waals surface area contributed by atoms with Crippen LogP contribution in [0.5, 0.6) is 0 Å². The summed E-state index contributed by atoms with van der Waals surface area (Å²) in [7, 11) is 0. The highest BCUT2D eigenvalue weighted by Crippen LogP contribution is 2.08. The van der Waals surface area contributed by atoms with E-state index in [1.165, 1.54) is 0 Å². The molecule has 6 heteroatoms. The molecular formula is C15H23N3O3. The summed E-state index contributed by atoms with van der Waals surface area (Å²) < 4.78 is 4.96. The van der Waals surface area contributed by atoms with Crippen molar-refractivity contribution >= 4 is 17.8 Å². The fourth-order valence-corrected chi connectivity index (χ4v) is 1.54. The fourth-order valence-electron chi connectivity index (χ4n) is 1.54. The van der Waals surface area contributed by atoms with E-state index in [0.717, 1.165) is 18.4 Å². The monoisotopic (exact) mass is 293 g/mol. The van der Waals surface area contributed by atoms with Crippen LogP contribution < -0.4 is 16.0 Å². The predicted molar refractivity (Wildman–Crippen MR) is 82.5 cm³/mol. The molecule has 6 nitrogen and oxygen atoms in total. The minimum absolute atomic E-state index is 0.124. The van der Waals surface area contributed by atoms with Crippen LogP contribution in [-0.4, -0.2) is 31.8 Å². The smallest absolute Gasteiger partial charge is 0.411 e. The average molecular weight is 293 g/mol. The van der Waals surface area contributed by atoms with Gasteiger partial charge in [-0.1, -0.05) is 31.0 Å². The van der Waals surface area contributed by atoms with Gasteiger partial charge in [-0.3, -0.25) is 5.32 Å². The first-order valence-corrected chi connectivity index (χ1v) is 7.14. The number of hydrogen-bond donors (Lipinski definition) is 3. The molecule has 0 saturated heterocycles. The van der Waals surface area contributed by atoms with E-state index < -0.39 is 6.09 Å². The Hall–Kier alpha value is -2.24. The van der Waals surface area contributed by atoms with Crippen LogP contribution in [0, 0.1) is 6.92 Å². The highest BCUT2D eigenvalue weighted by molar-refractivity contribution is 5.84. The zero-order valence-corrected chi connectivity index (χ0v) is 12.6. The summed E-state index contributed by atoms with van der Waals surface area (Å²) >= 11 is 0. The zero-order chi connectivity index (χ0) is 15.5. The van der Waals surface area contributed by atoms with Crippen molar-refractivity contribution < 1.29 is 14.3 Å². The Bertz CT molecular complexity index is 446. The lowest BCUT2D eigenvalue weighted by molar-refractivity contribution is 0.161. The number of aryl methyl sites for hydroxylation is 1. The molecule has 0 unspecified atom stereocenters. The number of unbranched alkanes of at least 4 members (excludes halogenated alkanes) is 1. The first-order chi connectivity index (χ1) is 10.1. The lowest BCUT2D eigenvalue weighted by Crippen LogP contribution is -2.38. The number of amides is 3. The van der Waals surface area contributed by atoms with Gasteiger partial charge < -0.3 is 15.4 Å². The topological polar surface area (TPSA) is 79.5 Å². The molecule has 0 saturated carbocycles. The largest absolute Gasteiger partial charge is 0.447 e. The highest BCUT2D eigenvalue weighted by Gasteiger charge is 2.03.